The second kappa shape index (κ2) is 14.3. The number of likely N-dealkylation sites (tertiary alicyclic amines) is 2. The van der Waals surface area contributed by atoms with E-state index in [4.69, 9.17) is 24.2 Å². The van der Waals surface area contributed by atoms with Crippen molar-refractivity contribution in [2.24, 2.45) is 16.8 Å². The zero-order valence-corrected chi connectivity index (χ0v) is 33.6. The molecule has 0 bridgehead atoms. The number of alkyl carbamates (subject to hydrolysis) is 1. The van der Waals surface area contributed by atoms with Gasteiger partial charge in [-0.1, -0.05) is 39.0 Å². The van der Waals surface area contributed by atoms with E-state index in [1.165, 1.54) is 12.7 Å². The normalized spacial score (nSPS) is 22.0. The number of aliphatic imine (C=N–C) groups is 1. The standard InChI is InChI=1S/C44H52N6O6/c1-23(2)39(48-42(52)54-8)41(51)50-25(4)9-14-36(50)40-45-20-35(47-40)27-10-12-29-28(16-27)22-55-38-19-30-26(17-32(29)38)11-13-33-31(30)18-34(46-33)37-15-24(3)21-49(37)43(53)56-44(5,6)7/h10-13,16-17,19-20,23-25,36-37,39H,9,14-15,18,21-22H2,1-8H3,(H,45,47)(H,48,52)/t24-,25-,36?,37-,39-/m0/s1. The number of carbonyl (C=O) groups excluding carboxylic acids is 3. The molecule has 294 valence electrons. The summed E-state index contributed by atoms with van der Waals surface area (Å²) in [5.74, 6) is 1.68. The average Bonchev–Trinajstić information content (AvgIpc) is 3.97. The summed E-state index contributed by atoms with van der Waals surface area (Å²) in [7, 11) is 1.30. The van der Waals surface area contributed by atoms with Crippen LogP contribution in [0.15, 0.2) is 53.7 Å². The molecule has 12 nitrogen and oxygen atoms in total. The highest BCUT2D eigenvalue weighted by molar-refractivity contribution is 6.06. The maximum Gasteiger partial charge on any atom is 0.410 e. The van der Waals surface area contributed by atoms with Crippen LogP contribution < -0.4 is 10.1 Å². The fourth-order valence-electron chi connectivity index (χ4n) is 8.91. The van der Waals surface area contributed by atoms with Gasteiger partial charge < -0.3 is 29.4 Å². The van der Waals surface area contributed by atoms with Gasteiger partial charge in [-0.3, -0.25) is 14.7 Å². The minimum atomic E-state index is -0.704. The predicted molar refractivity (Wildman–Crippen MR) is 215 cm³/mol. The number of methoxy groups -OCH3 is 1. The number of aromatic nitrogens is 2. The number of fused-ring (bicyclic) bond motifs is 6. The van der Waals surface area contributed by atoms with Crippen LogP contribution >= 0.6 is 0 Å². The molecule has 3 amide bonds. The number of benzene rings is 3. The Hall–Kier alpha value is -5.39. The lowest BCUT2D eigenvalue weighted by atomic mass is 9.90. The number of imidazole rings is 1. The van der Waals surface area contributed by atoms with Crippen LogP contribution in [0.5, 0.6) is 5.75 Å². The van der Waals surface area contributed by atoms with Crippen molar-refractivity contribution < 1.29 is 28.6 Å². The topological polar surface area (TPSA) is 138 Å². The number of aromatic amines is 1. The SMILES string of the molecule is COC(=O)N[C@H](C(=O)N1C(c2ncc(-c3ccc4c(c3)COc3cc5c6c(ccc5cc3-4)N=C([C@@H]3C[C@H](C)CN3C(=O)OC(C)(C)C)C6)[nH]2)CC[C@@H]1C)C(C)C. The second-order valence-electron chi connectivity index (χ2n) is 17.3. The van der Waals surface area contributed by atoms with Crippen LogP contribution in [0, 0.1) is 11.8 Å². The van der Waals surface area contributed by atoms with Crippen molar-refractivity contribution >= 4 is 40.3 Å². The first kappa shape index (κ1) is 37.5. The van der Waals surface area contributed by atoms with E-state index in [1.807, 2.05) is 57.5 Å². The lowest BCUT2D eigenvalue weighted by molar-refractivity contribution is -0.137. The third-order valence-corrected chi connectivity index (χ3v) is 11.7. The van der Waals surface area contributed by atoms with Crippen molar-refractivity contribution in [2.45, 2.75) is 111 Å². The molecule has 1 aromatic heterocycles. The van der Waals surface area contributed by atoms with E-state index in [0.29, 0.717) is 25.5 Å². The summed E-state index contributed by atoms with van der Waals surface area (Å²) >= 11 is 0. The molecule has 4 aromatic rings. The van der Waals surface area contributed by atoms with E-state index in [1.54, 1.807) is 0 Å². The third kappa shape index (κ3) is 6.87. The van der Waals surface area contributed by atoms with Crippen molar-refractivity contribution in [1.29, 1.82) is 0 Å². The van der Waals surface area contributed by atoms with Crippen LogP contribution in [0.3, 0.4) is 0 Å². The number of H-pyrrole nitrogens is 1. The average molecular weight is 761 g/mol. The summed E-state index contributed by atoms with van der Waals surface area (Å²) in [5, 5.41) is 4.97. The number of nitrogens with zero attached hydrogens (tertiary/aromatic N) is 4. The first-order valence-electron chi connectivity index (χ1n) is 19.8. The smallest absolute Gasteiger partial charge is 0.410 e. The third-order valence-electron chi connectivity index (χ3n) is 11.7. The van der Waals surface area contributed by atoms with E-state index in [9.17, 15) is 14.4 Å². The highest BCUT2D eigenvalue weighted by Gasteiger charge is 2.42. The van der Waals surface area contributed by atoms with Crippen LogP contribution in [-0.2, 0) is 27.3 Å². The molecule has 5 atom stereocenters. The molecule has 12 heteroatoms. The fraction of sp³-hybridized carbons (Fsp3) is 0.477. The molecule has 0 aliphatic carbocycles. The van der Waals surface area contributed by atoms with Crippen LogP contribution in [0.25, 0.3) is 33.2 Å². The Morgan fingerprint density at radius 3 is 2.57 bits per heavy atom. The van der Waals surface area contributed by atoms with Gasteiger partial charge in [0.2, 0.25) is 5.91 Å². The summed E-state index contributed by atoms with van der Waals surface area (Å²) in [6.45, 7) is 14.8. The number of amides is 3. The lowest BCUT2D eigenvalue weighted by Crippen LogP contribution is -2.52. The van der Waals surface area contributed by atoms with Crippen LogP contribution in [0.4, 0.5) is 15.3 Å². The minimum absolute atomic E-state index is 0.0000573. The number of carbonyl (C=O) groups is 3. The monoisotopic (exact) mass is 760 g/mol. The zero-order valence-electron chi connectivity index (χ0n) is 33.6. The highest BCUT2D eigenvalue weighted by atomic mass is 16.6. The zero-order chi connectivity index (χ0) is 39.6. The van der Waals surface area contributed by atoms with E-state index in [-0.39, 0.29) is 36.0 Å². The van der Waals surface area contributed by atoms with E-state index < -0.39 is 17.7 Å². The first-order valence-corrected chi connectivity index (χ1v) is 19.8. The summed E-state index contributed by atoms with van der Waals surface area (Å²) in [6, 6.07) is 14.0. The van der Waals surface area contributed by atoms with Gasteiger partial charge in [-0.05, 0) is 116 Å². The van der Waals surface area contributed by atoms with E-state index in [0.717, 1.165) is 81.0 Å². The van der Waals surface area contributed by atoms with Gasteiger partial charge in [0.1, 0.15) is 29.8 Å². The van der Waals surface area contributed by atoms with Crippen LogP contribution in [0.2, 0.25) is 0 Å². The summed E-state index contributed by atoms with van der Waals surface area (Å²) in [6.07, 6.45) is 4.09. The van der Waals surface area contributed by atoms with Crippen LogP contribution in [0.1, 0.15) is 90.7 Å². The Morgan fingerprint density at radius 1 is 1.02 bits per heavy atom. The Balaban J connectivity index is 1.02. The maximum atomic E-state index is 13.8. The first-order chi connectivity index (χ1) is 26.7. The molecule has 5 heterocycles. The molecular formula is C44H52N6O6. The highest BCUT2D eigenvalue weighted by Crippen LogP contribution is 2.45. The fourth-order valence-corrected chi connectivity index (χ4v) is 8.91. The molecule has 2 fully saturated rings. The van der Waals surface area contributed by atoms with Crippen molar-refractivity contribution in [3.05, 3.63) is 65.6 Å². The second-order valence-corrected chi connectivity index (χ2v) is 17.3. The molecule has 8 rings (SSSR count). The van der Waals surface area contributed by atoms with Gasteiger partial charge >= 0.3 is 12.2 Å². The van der Waals surface area contributed by atoms with Gasteiger partial charge in [-0.25, -0.2) is 14.6 Å². The molecule has 56 heavy (non-hydrogen) atoms. The number of rotatable bonds is 6. The molecule has 0 saturated carbocycles. The molecule has 3 aromatic carbocycles. The van der Waals surface area contributed by atoms with Crippen molar-refractivity contribution in [2.75, 3.05) is 13.7 Å². The van der Waals surface area contributed by atoms with Gasteiger partial charge in [0, 0.05) is 30.3 Å². The predicted octanol–water partition coefficient (Wildman–Crippen LogP) is 8.50. The summed E-state index contributed by atoms with van der Waals surface area (Å²) in [4.78, 5) is 56.2. The largest absolute Gasteiger partial charge is 0.488 e. The van der Waals surface area contributed by atoms with Crippen molar-refractivity contribution in [3.8, 4) is 28.1 Å². The summed E-state index contributed by atoms with van der Waals surface area (Å²) < 4.78 is 17.0. The van der Waals surface area contributed by atoms with Gasteiger partial charge in [0.15, 0.2) is 0 Å². The maximum absolute atomic E-state index is 13.8. The number of nitrogens with one attached hydrogen (secondary N) is 2. The number of ether oxygens (including phenoxy) is 3. The molecule has 2 saturated heterocycles. The number of hydrogen-bond donors (Lipinski definition) is 2. The lowest BCUT2D eigenvalue weighted by Gasteiger charge is -2.32. The molecule has 4 aliphatic heterocycles. The Bertz CT molecular complexity index is 2250. The molecule has 1 unspecified atom stereocenters. The molecule has 2 N–H and O–H groups in total. The molecule has 0 radical (unpaired) electrons. The number of hydrogen-bond acceptors (Lipinski definition) is 8. The summed E-state index contributed by atoms with van der Waals surface area (Å²) in [5.41, 5.74) is 7.67. The Kier molecular flexibility index (Phi) is 9.57. The van der Waals surface area contributed by atoms with Crippen molar-refractivity contribution in [3.63, 3.8) is 0 Å². The van der Waals surface area contributed by atoms with Gasteiger partial charge in [0.25, 0.3) is 0 Å². The van der Waals surface area contributed by atoms with Crippen molar-refractivity contribution in [1.82, 2.24) is 25.1 Å². The molecule has 0 spiro atoms. The van der Waals surface area contributed by atoms with E-state index in [2.05, 4.69) is 59.7 Å². The van der Waals surface area contributed by atoms with Crippen LogP contribution in [-0.4, -0.2) is 81.0 Å². The Labute approximate surface area is 328 Å². The molecular weight excluding hydrogens is 709 g/mol. The Morgan fingerprint density at radius 2 is 1.82 bits per heavy atom. The quantitative estimate of drug-likeness (QED) is 0.201. The van der Waals surface area contributed by atoms with Gasteiger partial charge in [0.05, 0.1) is 36.8 Å². The van der Waals surface area contributed by atoms with Gasteiger partial charge in [-0.15, -0.1) is 0 Å². The van der Waals surface area contributed by atoms with Gasteiger partial charge in [-0.2, -0.15) is 0 Å². The molecule has 4 aliphatic rings. The van der Waals surface area contributed by atoms with E-state index >= 15 is 0 Å². The minimum Gasteiger partial charge on any atom is -0.488 e.